The van der Waals surface area contributed by atoms with Gasteiger partial charge in [-0.3, -0.25) is 0 Å². The third kappa shape index (κ3) is 6.08. The molecule has 0 saturated heterocycles. The molecule has 0 aromatic heterocycles. The van der Waals surface area contributed by atoms with E-state index in [-0.39, 0.29) is 21.0 Å². The number of nitrogens with two attached hydrogens (primary N) is 3. The van der Waals surface area contributed by atoms with Crippen LogP contribution in [-0.2, 0) is 4.74 Å². The predicted molar refractivity (Wildman–Crippen MR) is 89.5 cm³/mol. The van der Waals surface area contributed by atoms with Gasteiger partial charge in [0.2, 0.25) is 0 Å². The zero-order valence-electron chi connectivity index (χ0n) is 12.0. The average Bonchev–Trinajstić information content (AvgIpc) is 2.98. The van der Waals surface area contributed by atoms with Crippen molar-refractivity contribution in [2.45, 2.75) is 54.1 Å². The molecule has 4 nitrogen and oxygen atoms in total. The number of fused-ring (bicyclic) bond motifs is 2. The molecule has 2 aliphatic rings. The predicted octanol–water partition coefficient (Wildman–Crippen LogP) is 2.21. The fourth-order valence-corrected chi connectivity index (χ4v) is 3.44. The van der Waals surface area contributed by atoms with Gasteiger partial charge in [0.1, 0.15) is 0 Å². The van der Waals surface area contributed by atoms with E-state index in [4.69, 9.17) is 21.9 Å². The second-order valence-corrected chi connectivity index (χ2v) is 5.72. The Labute approximate surface area is 126 Å². The monoisotopic (exact) mass is 289 g/mol. The first-order valence-electron chi connectivity index (χ1n) is 7.37. The van der Waals surface area contributed by atoms with Crippen molar-refractivity contribution in [3.05, 3.63) is 0 Å². The first-order chi connectivity index (χ1) is 8.65. The van der Waals surface area contributed by atoms with Crippen molar-refractivity contribution < 1.29 is 4.74 Å². The second-order valence-electron chi connectivity index (χ2n) is 5.72. The molecule has 0 spiro atoms. The Bertz CT molecular complexity index is 210. The third-order valence-corrected chi connectivity index (χ3v) is 4.54. The van der Waals surface area contributed by atoms with E-state index in [0.29, 0.717) is 6.54 Å². The minimum absolute atomic E-state index is 0. The van der Waals surface area contributed by atoms with Crippen LogP contribution in [0.25, 0.3) is 0 Å². The molecule has 20 heavy (non-hydrogen) atoms. The molecule has 2 rings (SSSR count). The molecule has 0 radical (unpaired) electrons. The maximum Gasteiger partial charge on any atom is 0.0669 e. The lowest BCUT2D eigenvalue weighted by molar-refractivity contribution is 0.0826. The van der Waals surface area contributed by atoms with E-state index in [2.05, 4.69) is 0 Å². The zero-order valence-corrected chi connectivity index (χ0v) is 12.0. The van der Waals surface area contributed by atoms with Crippen LogP contribution in [0.1, 0.15) is 48.0 Å². The summed E-state index contributed by atoms with van der Waals surface area (Å²) in [5.74, 6) is 3.53. The molecular weight excluding hydrogens is 250 g/mol. The van der Waals surface area contributed by atoms with Gasteiger partial charge in [0.05, 0.1) is 6.10 Å². The standard InChI is InChI=1S/C9H18N2.C5H13NO.2CH4/c10-4-8-2-6-1-7(8)3-9(6)5-11;1-3-7-5(2)4-6;;/h6-9H,1-5,10-11H2;5H,3-4,6H2,1-2H3;2*1H4. The van der Waals surface area contributed by atoms with Crippen LogP contribution in [0.3, 0.4) is 0 Å². The number of hydrogen-bond donors (Lipinski definition) is 3. The topological polar surface area (TPSA) is 87.3 Å². The van der Waals surface area contributed by atoms with Crippen molar-refractivity contribution in [3.63, 3.8) is 0 Å². The molecule has 0 amide bonds. The quantitative estimate of drug-likeness (QED) is 0.724. The highest BCUT2D eigenvalue weighted by atomic mass is 16.5. The van der Waals surface area contributed by atoms with Gasteiger partial charge in [0.25, 0.3) is 0 Å². The van der Waals surface area contributed by atoms with E-state index in [1.165, 1.54) is 19.3 Å². The lowest BCUT2D eigenvalue weighted by Gasteiger charge is -2.25. The summed E-state index contributed by atoms with van der Waals surface area (Å²) in [4.78, 5) is 0. The molecule has 5 unspecified atom stereocenters. The van der Waals surface area contributed by atoms with Crippen LogP contribution < -0.4 is 17.2 Å². The van der Waals surface area contributed by atoms with E-state index in [0.717, 1.165) is 43.4 Å². The summed E-state index contributed by atoms with van der Waals surface area (Å²) in [6, 6.07) is 0. The van der Waals surface area contributed by atoms with Gasteiger partial charge in [0.15, 0.2) is 0 Å². The third-order valence-electron chi connectivity index (χ3n) is 4.54. The van der Waals surface area contributed by atoms with Crippen molar-refractivity contribution in [2.24, 2.45) is 40.9 Å². The Morgan fingerprint density at radius 2 is 1.40 bits per heavy atom. The summed E-state index contributed by atoms with van der Waals surface area (Å²) >= 11 is 0. The molecule has 4 heteroatoms. The summed E-state index contributed by atoms with van der Waals surface area (Å²) < 4.78 is 5.07. The Morgan fingerprint density at radius 1 is 0.950 bits per heavy atom. The van der Waals surface area contributed by atoms with Gasteiger partial charge in [-0.1, -0.05) is 14.9 Å². The summed E-state index contributed by atoms with van der Waals surface area (Å²) in [5, 5.41) is 0. The highest BCUT2D eigenvalue weighted by molar-refractivity contribution is 4.95. The van der Waals surface area contributed by atoms with E-state index in [9.17, 15) is 0 Å². The van der Waals surface area contributed by atoms with Gasteiger partial charge < -0.3 is 21.9 Å². The molecule has 5 atom stereocenters. The van der Waals surface area contributed by atoms with E-state index in [1.807, 2.05) is 13.8 Å². The summed E-state index contributed by atoms with van der Waals surface area (Å²) in [5.41, 5.74) is 16.6. The minimum Gasteiger partial charge on any atom is -0.377 e. The lowest BCUT2D eigenvalue weighted by atomic mass is 9.82. The van der Waals surface area contributed by atoms with Crippen LogP contribution >= 0.6 is 0 Å². The van der Waals surface area contributed by atoms with Crippen LogP contribution in [0.5, 0.6) is 0 Å². The number of ether oxygens (including phenoxy) is 1. The normalized spacial score (nSPS) is 31.6. The van der Waals surface area contributed by atoms with Crippen molar-refractivity contribution in [1.82, 2.24) is 0 Å². The zero-order chi connectivity index (χ0) is 13.5. The van der Waals surface area contributed by atoms with E-state index in [1.54, 1.807) is 0 Å². The smallest absolute Gasteiger partial charge is 0.0669 e. The van der Waals surface area contributed by atoms with Gasteiger partial charge >= 0.3 is 0 Å². The highest BCUT2D eigenvalue weighted by Gasteiger charge is 2.44. The first-order valence-corrected chi connectivity index (χ1v) is 7.37. The lowest BCUT2D eigenvalue weighted by Crippen LogP contribution is -2.27. The van der Waals surface area contributed by atoms with Gasteiger partial charge in [-0.15, -0.1) is 0 Å². The SMILES string of the molecule is C.C.CCOC(C)CN.NCC1CC2CC1CC2CN. The van der Waals surface area contributed by atoms with Gasteiger partial charge in [0, 0.05) is 13.2 Å². The molecule has 124 valence electrons. The van der Waals surface area contributed by atoms with Crippen molar-refractivity contribution >= 4 is 0 Å². The highest BCUT2D eigenvalue weighted by Crippen LogP contribution is 2.50. The van der Waals surface area contributed by atoms with Crippen LogP contribution in [0.2, 0.25) is 0 Å². The van der Waals surface area contributed by atoms with Crippen LogP contribution in [-0.4, -0.2) is 32.3 Å². The second kappa shape index (κ2) is 11.5. The molecule has 0 aromatic carbocycles. The molecule has 0 aromatic rings. The van der Waals surface area contributed by atoms with Gasteiger partial charge in [-0.25, -0.2) is 0 Å². The molecule has 2 aliphatic carbocycles. The molecule has 0 aliphatic heterocycles. The Hall–Kier alpha value is -0.160. The van der Waals surface area contributed by atoms with E-state index >= 15 is 0 Å². The number of hydrogen-bond acceptors (Lipinski definition) is 4. The number of rotatable bonds is 5. The fraction of sp³-hybridized carbons (Fsp3) is 1.00. The Morgan fingerprint density at radius 3 is 1.60 bits per heavy atom. The fourth-order valence-electron chi connectivity index (χ4n) is 3.44. The van der Waals surface area contributed by atoms with Crippen molar-refractivity contribution in [1.29, 1.82) is 0 Å². The first kappa shape index (κ1) is 22.1. The molecule has 6 N–H and O–H groups in total. The van der Waals surface area contributed by atoms with Crippen LogP contribution in [0.15, 0.2) is 0 Å². The van der Waals surface area contributed by atoms with E-state index < -0.39 is 0 Å². The largest absolute Gasteiger partial charge is 0.377 e. The van der Waals surface area contributed by atoms with Crippen molar-refractivity contribution in [3.8, 4) is 0 Å². The summed E-state index contributed by atoms with van der Waals surface area (Å²) in [6.07, 6.45) is 4.38. The summed E-state index contributed by atoms with van der Waals surface area (Å²) in [7, 11) is 0. The van der Waals surface area contributed by atoms with Crippen molar-refractivity contribution in [2.75, 3.05) is 26.2 Å². The maximum absolute atomic E-state index is 5.68. The molecule has 2 saturated carbocycles. The Kier molecular flexibility index (Phi) is 12.7. The van der Waals surface area contributed by atoms with Gasteiger partial charge in [-0.2, -0.15) is 0 Å². The molecule has 2 bridgehead atoms. The van der Waals surface area contributed by atoms with Crippen LogP contribution in [0.4, 0.5) is 0 Å². The maximum atomic E-state index is 5.68. The van der Waals surface area contributed by atoms with Crippen LogP contribution in [0, 0.1) is 23.7 Å². The molecule has 2 fully saturated rings. The van der Waals surface area contributed by atoms with Gasteiger partial charge in [-0.05, 0) is 69.9 Å². The Balaban J connectivity index is 0. The molecule has 0 heterocycles. The average molecular weight is 290 g/mol. The molecular formula is C16H39N3O. The minimum atomic E-state index is 0. The summed E-state index contributed by atoms with van der Waals surface area (Å²) in [6.45, 7) is 7.11.